The number of carbonyl (C=O) groups is 1. The van der Waals surface area contributed by atoms with Crippen LogP contribution in [0.4, 0.5) is 0 Å². The summed E-state index contributed by atoms with van der Waals surface area (Å²) >= 11 is 4.08. The second kappa shape index (κ2) is 6.97. The molecule has 0 bridgehead atoms. The molecule has 0 radical (unpaired) electrons. The lowest BCUT2D eigenvalue weighted by molar-refractivity contribution is -0.119. The van der Waals surface area contributed by atoms with Gasteiger partial charge in [0.1, 0.15) is 0 Å². The predicted octanol–water partition coefficient (Wildman–Crippen LogP) is 1.65. The summed E-state index contributed by atoms with van der Waals surface area (Å²) in [4.78, 5) is 11.1. The highest BCUT2D eigenvalue weighted by atomic mass is 32.1. The van der Waals surface area contributed by atoms with Gasteiger partial charge in [-0.15, -0.1) is 0 Å². The van der Waals surface area contributed by atoms with Gasteiger partial charge in [-0.1, -0.05) is 24.0 Å². The molecule has 0 aliphatic heterocycles. The number of hydrogen-bond donors (Lipinski definition) is 2. The van der Waals surface area contributed by atoms with Crippen molar-refractivity contribution in [1.82, 2.24) is 5.32 Å². The highest BCUT2D eigenvalue weighted by molar-refractivity contribution is 7.80. The maximum atomic E-state index is 11.1. The first kappa shape index (κ1) is 12.7. The maximum absolute atomic E-state index is 11.1. The van der Waals surface area contributed by atoms with Crippen LogP contribution in [0.3, 0.4) is 0 Å². The molecule has 0 heterocycles. The Balaban J connectivity index is 2.62. The molecule has 1 rings (SSSR count). The monoisotopic (exact) mass is 233 g/mol. The average Bonchev–Trinajstić information content (AvgIpc) is 2.31. The first-order valence-corrected chi connectivity index (χ1v) is 5.78. The zero-order valence-corrected chi connectivity index (χ0v) is 10.2. The summed E-state index contributed by atoms with van der Waals surface area (Å²) in [5.41, 5.74) is 1.97. The first-order valence-electron chi connectivity index (χ1n) is 5.15. The summed E-state index contributed by atoms with van der Waals surface area (Å²) in [6, 6.07) is 7.73. The highest BCUT2D eigenvalue weighted by Gasteiger charge is 1.99. The van der Waals surface area contributed by atoms with Crippen molar-refractivity contribution in [3.8, 4) is 11.8 Å². The Morgan fingerprint density at radius 2 is 2.06 bits per heavy atom. The number of benzene rings is 1. The molecule has 0 fully saturated rings. The van der Waals surface area contributed by atoms with Crippen LogP contribution in [-0.2, 0) is 11.2 Å². The largest absolute Gasteiger partial charge is 0.359 e. The van der Waals surface area contributed by atoms with E-state index >= 15 is 0 Å². The summed E-state index contributed by atoms with van der Waals surface area (Å²) < 4.78 is 0. The van der Waals surface area contributed by atoms with Crippen LogP contribution in [0.1, 0.15) is 17.5 Å². The third kappa shape index (κ3) is 4.41. The van der Waals surface area contributed by atoms with Crippen LogP contribution in [0, 0.1) is 11.8 Å². The van der Waals surface area contributed by atoms with Crippen LogP contribution in [0.15, 0.2) is 24.3 Å². The lowest BCUT2D eigenvalue weighted by atomic mass is 10.1. The van der Waals surface area contributed by atoms with Crippen LogP contribution >= 0.6 is 12.6 Å². The van der Waals surface area contributed by atoms with Crippen LogP contribution in [0.25, 0.3) is 0 Å². The number of nitrogens with one attached hydrogen (secondary N) is 1. The van der Waals surface area contributed by atoms with Crippen LogP contribution in [0.5, 0.6) is 0 Å². The Morgan fingerprint density at radius 1 is 1.38 bits per heavy atom. The maximum Gasteiger partial charge on any atom is 0.224 e. The molecule has 0 unspecified atom stereocenters. The van der Waals surface area contributed by atoms with Crippen molar-refractivity contribution in [1.29, 1.82) is 0 Å². The predicted molar refractivity (Wildman–Crippen MR) is 69.6 cm³/mol. The van der Waals surface area contributed by atoms with E-state index in [1.165, 1.54) is 0 Å². The van der Waals surface area contributed by atoms with E-state index in [1.54, 1.807) is 7.05 Å². The number of likely N-dealkylation sites (N-methyl/N-ethyl adjacent to an activating group) is 1. The molecular formula is C13H15NOS. The van der Waals surface area contributed by atoms with Crippen molar-refractivity contribution in [3.63, 3.8) is 0 Å². The molecule has 0 spiro atoms. The van der Waals surface area contributed by atoms with Crippen molar-refractivity contribution >= 4 is 18.5 Å². The summed E-state index contributed by atoms with van der Waals surface area (Å²) in [5, 5.41) is 2.59. The van der Waals surface area contributed by atoms with E-state index in [0.29, 0.717) is 6.42 Å². The fourth-order valence-corrected chi connectivity index (χ4v) is 1.31. The second-order valence-corrected chi connectivity index (χ2v) is 3.77. The van der Waals surface area contributed by atoms with Crippen molar-refractivity contribution in [3.05, 3.63) is 35.4 Å². The van der Waals surface area contributed by atoms with Crippen molar-refractivity contribution in [2.75, 3.05) is 12.8 Å². The molecule has 1 aromatic carbocycles. The number of amides is 1. The third-order valence-corrected chi connectivity index (χ3v) is 2.29. The molecule has 0 atom stereocenters. The molecule has 1 aromatic rings. The van der Waals surface area contributed by atoms with Gasteiger partial charge in [-0.25, -0.2) is 0 Å². The van der Waals surface area contributed by atoms with E-state index in [1.807, 2.05) is 24.3 Å². The molecule has 3 heteroatoms. The fourth-order valence-electron chi connectivity index (χ4n) is 1.20. The van der Waals surface area contributed by atoms with Crippen molar-refractivity contribution in [2.45, 2.75) is 12.8 Å². The van der Waals surface area contributed by atoms with E-state index in [-0.39, 0.29) is 5.91 Å². The minimum Gasteiger partial charge on any atom is -0.359 e. The molecule has 0 aliphatic carbocycles. The van der Waals surface area contributed by atoms with E-state index in [9.17, 15) is 4.79 Å². The molecule has 0 aliphatic rings. The molecule has 84 valence electrons. The van der Waals surface area contributed by atoms with Crippen LogP contribution in [0.2, 0.25) is 0 Å². The van der Waals surface area contributed by atoms with E-state index in [4.69, 9.17) is 0 Å². The van der Waals surface area contributed by atoms with Gasteiger partial charge in [0.15, 0.2) is 0 Å². The Hall–Kier alpha value is -1.40. The van der Waals surface area contributed by atoms with Gasteiger partial charge in [0.25, 0.3) is 0 Å². The highest BCUT2D eigenvalue weighted by Crippen LogP contribution is 2.04. The summed E-state index contributed by atoms with van der Waals surface area (Å²) in [6.07, 6.45) is 1.21. The fraction of sp³-hybridized carbons (Fsp3) is 0.308. The van der Waals surface area contributed by atoms with E-state index in [0.717, 1.165) is 23.3 Å². The Kier molecular flexibility index (Phi) is 5.52. The van der Waals surface area contributed by atoms with Crippen LogP contribution in [-0.4, -0.2) is 18.7 Å². The molecule has 2 nitrogen and oxygen atoms in total. The smallest absolute Gasteiger partial charge is 0.224 e. The van der Waals surface area contributed by atoms with Gasteiger partial charge in [-0.2, -0.15) is 12.6 Å². The molecule has 1 N–H and O–H groups in total. The lowest BCUT2D eigenvalue weighted by Gasteiger charge is -2.00. The third-order valence-electron chi connectivity index (χ3n) is 2.07. The minimum absolute atomic E-state index is 0.0221. The van der Waals surface area contributed by atoms with Gasteiger partial charge in [-0.05, 0) is 17.7 Å². The van der Waals surface area contributed by atoms with Gasteiger partial charge in [0.05, 0.1) is 6.42 Å². The molecule has 1 amide bonds. The number of carbonyl (C=O) groups excluding carboxylic acids is 1. The quantitative estimate of drug-likeness (QED) is 0.603. The molecule has 0 aromatic heterocycles. The average molecular weight is 233 g/mol. The normalized spacial score (nSPS) is 9.12. The topological polar surface area (TPSA) is 29.1 Å². The summed E-state index contributed by atoms with van der Waals surface area (Å²) in [5.74, 6) is 6.86. The van der Waals surface area contributed by atoms with E-state index in [2.05, 4.69) is 29.8 Å². The zero-order chi connectivity index (χ0) is 11.8. The first-order chi connectivity index (χ1) is 7.76. The zero-order valence-electron chi connectivity index (χ0n) is 9.29. The number of rotatable bonds is 3. The molecule has 0 saturated heterocycles. The summed E-state index contributed by atoms with van der Waals surface area (Å²) in [7, 11) is 1.64. The second-order valence-electron chi connectivity index (χ2n) is 3.32. The van der Waals surface area contributed by atoms with Crippen LogP contribution < -0.4 is 5.32 Å². The minimum atomic E-state index is 0.0221. The van der Waals surface area contributed by atoms with E-state index < -0.39 is 0 Å². The summed E-state index contributed by atoms with van der Waals surface area (Å²) in [6.45, 7) is 0. The van der Waals surface area contributed by atoms with Gasteiger partial charge in [0.2, 0.25) is 5.91 Å². The lowest BCUT2D eigenvalue weighted by Crippen LogP contribution is -2.19. The molecular weight excluding hydrogens is 218 g/mol. The van der Waals surface area contributed by atoms with Gasteiger partial charge in [-0.3, -0.25) is 4.79 Å². The Bertz CT molecular complexity index is 400. The standard InChI is InChI=1S/C13H15NOS/c1-14-13(15)10-12-7-5-11(6-8-12)4-2-3-9-16/h5-8,16H,3,9-10H2,1H3,(H,14,15). The van der Waals surface area contributed by atoms with Crippen molar-refractivity contribution < 1.29 is 4.79 Å². The number of hydrogen-bond acceptors (Lipinski definition) is 2. The van der Waals surface area contributed by atoms with Crippen molar-refractivity contribution in [2.24, 2.45) is 0 Å². The Morgan fingerprint density at radius 3 is 2.62 bits per heavy atom. The van der Waals surface area contributed by atoms with Gasteiger partial charge in [0, 0.05) is 24.8 Å². The SMILES string of the molecule is CNC(=O)Cc1ccc(C#CCCS)cc1. The molecule has 16 heavy (non-hydrogen) atoms. The van der Waals surface area contributed by atoms with Gasteiger partial charge >= 0.3 is 0 Å². The Labute approximate surface area is 102 Å². The molecule has 0 saturated carbocycles. The number of thiol groups is 1. The van der Waals surface area contributed by atoms with Gasteiger partial charge < -0.3 is 5.32 Å².